The zero-order valence-corrected chi connectivity index (χ0v) is 14.1. The van der Waals surface area contributed by atoms with Crippen LogP contribution in [0.25, 0.3) is 0 Å². The van der Waals surface area contributed by atoms with Crippen molar-refractivity contribution in [3.63, 3.8) is 0 Å². The molecule has 0 radical (unpaired) electrons. The highest BCUT2D eigenvalue weighted by atomic mass is 16.6. The fourth-order valence-corrected chi connectivity index (χ4v) is 2.28. The summed E-state index contributed by atoms with van der Waals surface area (Å²) in [6.07, 6.45) is 1.27. The summed E-state index contributed by atoms with van der Waals surface area (Å²) in [5.74, 6) is 1.80. The molecule has 2 heterocycles. The Balaban J connectivity index is 1.76. The number of aromatic nitrogens is 2. The Hall–Kier alpha value is -1.85. The number of nitrogens with one attached hydrogen (secondary N) is 1. The minimum atomic E-state index is -0.454. The average Bonchev–Trinajstić information content (AvgIpc) is 2.35. The van der Waals surface area contributed by atoms with Crippen molar-refractivity contribution in [2.24, 2.45) is 5.92 Å². The van der Waals surface area contributed by atoms with E-state index in [0.29, 0.717) is 18.4 Å². The summed E-state index contributed by atoms with van der Waals surface area (Å²) >= 11 is 0. The standard InChI is InChI=1S/C16H26N4O2/c1-11(2)13-6-14(19-10-18-13)20-8-12(9-20)7-17-15(21)22-16(3,4)5/h6,10-12H,7-9H2,1-5H3,(H,17,21). The summed E-state index contributed by atoms with van der Waals surface area (Å²) in [7, 11) is 0. The zero-order chi connectivity index (χ0) is 16.3. The number of carbonyl (C=O) groups excluding carboxylic acids is 1. The van der Waals surface area contributed by atoms with E-state index in [1.54, 1.807) is 6.33 Å². The van der Waals surface area contributed by atoms with Crippen LogP contribution in [0.5, 0.6) is 0 Å². The first-order valence-corrected chi connectivity index (χ1v) is 7.78. The molecule has 0 saturated carbocycles. The summed E-state index contributed by atoms with van der Waals surface area (Å²) in [4.78, 5) is 22.4. The topological polar surface area (TPSA) is 67.4 Å². The minimum Gasteiger partial charge on any atom is -0.444 e. The van der Waals surface area contributed by atoms with Crippen molar-refractivity contribution in [3.8, 4) is 0 Å². The van der Waals surface area contributed by atoms with Gasteiger partial charge in [0, 0.05) is 37.3 Å². The Labute approximate surface area is 132 Å². The lowest BCUT2D eigenvalue weighted by Gasteiger charge is -2.40. The van der Waals surface area contributed by atoms with Crippen molar-refractivity contribution in [2.45, 2.75) is 46.1 Å². The second-order valence-corrected chi connectivity index (χ2v) is 7.11. The Morgan fingerprint density at radius 3 is 2.68 bits per heavy atom. The molecule has 1 fully saturated rings. The quantitative estimate of drug-likeness (QED) is 0.926. The van der Waals surface area contributed by atoms with Crippen LogP contribution in [-0.4, -0.2) is 41.3 Å². The van der Waals surface area contributed by atoms with Crippen molar-refractivity contribution in [3.05, 3.63) is 18.1 Å². The van der Waals surface area contributed by atoms with E-state index in [0.717, 1.165) is 24.6 Å². The first kappa shape index (κ1) is 16.5. The van der Waals surface area contributed by atoms with Gasteiger partial charge in [0.25, 0.3) is 0 Å². The van der Waals surface area contributed by atoms with Gasteiger partial charge in [-0.05, 0) is 26.7 Å². The van der Waals surface area contributed by atoms with Gasteiger partial charge in [-0.3, -0.25) is 0 Å². The molecule has 6 heteroatoms. The molecular formula is C16H26N4O2. The number of anilines is 1. The maximum absolute atomic E-state index is 11.6. The van der Waals surface area contributed by atoms with E-state index < -0.39 is 5.60 Å². The Morgan fingerprint density at radius 2 is 2.09 bits per heavy atom. The van der Waals surface area contributed by atoms with Crippen LogP contribution in [-0.2, 0) is 4.74 Å². The van der Waals surface area contributed by atoms with Crippen LogP contribution in [0.4, 0.5) is 10.6 Å². The fourth-order valence-electron chi connectivity index (χ4n) is 2.28. The number of rotatable bonds is 4. The van der Waals surface area contributed by atoms with Gasteiger partial charge < -0.3 is 15.0 Å². The molecule has 0 spiro atoms. The third-order valence-electron chi connectivity index (χ3n) is 3.48. The second kappa shape index (κ2) is 6.50. The van der Waals surface area contributed by atoms with Crippen LogP contribution in [0.1, 0.15) is 46.2 Å². The lowest BCUT2D eigenvalue weighted by molar-refractivity contribution is 0.0516. The monoisotopic (exact) mass is 306 g/mol. The Bertz CT molecular complexity index is 519. The van der Waals surface area contributed by atoms with Gasteiger partial charge in [0.05, 0.1) is 0 Å². The highest BCUT2D eigenvalue weighted by Crippen LogP contribution is 2.24. The molecule has 1 amide bonds. The fraction of sp³-hybridized carbons (Fsp3) is 0.688. The lowest BCUT2D eigenvalue weighted by Crippen LogP contribution is -2.52. The molecule has 0 atom stereocenters. The smallest absolute Gasteiger partial charge is 0.407 e. The van der Waals surface area contributed by atoms with Crippen molar-refractivity contribution in [1.29, 1.82) is 0 Å². The Morgan fingerprint density at radius 1 is 1.41 bits per heavy atom. The van der Waals surface area contributed by atoms with Crippen molar-refractivity contribution < 1.29 is 9.53 Å². The Kier molecular flexibility index (Phi) is 4.88. The number of carbonyl (C=O) groups is 1. The number of hydrogen-bond donors (Lipinski definition) is 1. The predicted molar refractivity (Wildman–Crippen MR) is 86.1 cm³/mol. The van der Waals surface area contributed by atoms with Crippen LogP contribution in [0.3, 0.4) is 0 Å². The van der Waals surface area contributed by atoms with Gasteiger partial charge in [0.1, 0.15) is 17.7 Å². The number of ether oxygens (including phenoxy) is 1. The minimum absolute atomic E-state index is 0.352. The van der Waals surface area contributed by atoms with Gasteiger partial charge in [-0.25, -0.2) is 14.8 Å². The van der Waals surface area contributed by atoms with Crippen molar-refractivity contribution in [1.82, 2.24) is 15.3 Å². The van der Waals surface area contributed by atoms with Crippen LogP contribution in [0, 0.1) is 5.92 Å². The van der Waals surface area contributed by atoms with Crippen LogP contribution in [0.2, 0.25) is 0 Å². The molecule has 1 saturated heterocycles. The van der Waals surface area contributed by atoms with E-state index in [1.807, 2.05) is 26.8 Å². The third kappa shape index (κ3) is 4.58. The van der Waals surface area contributed by atoms with Gasteiger partial charge in [0.15, 0.2) is 0 Å². The molecule has 1 aromatic heterocycles. The van der Waals surface area contributed by atoms with E-state index in [1.165, 1.54) is 0 Å². The van der Waals surface area contributed by atoms with Gasteiger partial charge in [-0.1, -0.05) is 13.8 Å². The largest absolute Gasteiger partial charge is 0.444 e. The molecule has 122 valence electrons. The predicted octanol–water partition coefficient (Wildman–Crippen LogP) is 2.56. The summed E-state index contributed by atoms with van der Waals surface area (Å²) < 4.78 is 5.23. The molecule has 0 unspecified atom stereocenters. The molecule has 22 heavy (non-hydrogen) atoms. The average molecular weight is 306 g/mol. The molecule has 0 aliphatic carbocycles. The van der Waals surface area contributed by atoms with Gasteiger partial charge in [-0.15, -0.1) is 0 Å². The molecule has 0 bridgehead atoms. The third-order valence-corrected chi connectivity index (χ3v) is 3.48. The highest BCUT2D eigenvalue weighted by Gasteiger charge is 2.29. The van der Waals surface area contributed by atoms with Gasteiger partial charge in [0.2, 0.25) is 0 Å². The molecule has 1 aromatic rings. The highest BCUT2D eigenvalue weighted by molar-refractivity contribution is 5.67. The zero-order valence-electron chi connectivity index (χ0n) is 14.1. The molecular weight excluding hydrogens is 280 g/mol. The SMILES string of the molecule is CC(C)c1cc(N2CC(CNC(=O)OC(C)(C)C)C2)ncn1. The molecule has 6 nitrogen and oxygen atoms in total. The first-order valence-electron chi connectivity index (χ1n) is 7.78. The number of hydrogen-bond acceptors (Lipinski definition) is 5. The maximum Gasteiger partial charge on any atom is 0.407 e. The van der Waals surface area contributed by atoms with Crippen LogP contribution in [0.15, 0.2) is 12.4 Å². The van der Waals surface area contributed by atoms with Crippen molar-refractivity contribution in [2.75, 3.05) is 24.5 Å². The van der Waals surface area contributed by atoms with Crippen LogP contribution >= 0.6 is 0 Å². The lowest BCUT2D eigenvalue weighted by atomic mass is 10.00. The van der Waals surface area contributed by atoms with Gasteiger partial charge in [-0.2, -0.15) is 0 Å². The first-order chi connectivity index (χ1) is 10.2. The number of nitrogens with zero attached hydrogens (tertiary/aromatic N) is 3. The summed E-state index contributed by atoms with van der Waals surface area (Å²) in [5.41, 5.74) is 0.601. The van der Waals surface area contributed by atoms with E-state index in [4.69, 9.17) is 4.74 Å². The molecule has 1 aliphatic rings. The second-order valence-electron chi connectivity index (χ2n) is 7.11. The van der Waals surface area contributed by atoms with E-state index in [-0.39, 0.29) is 6.09 Å². The van der Waals surface area contributed by atoms with E-state index >= 15 is 0 Å². The summed E-state index contributed by atoms with van der Waals surface area (Å²) in [6, 6.07) is 2.04. The molecule has 1 N–H and O–H groups in total. The number of amides is 1. The summed E-state index contributed by atoms with van der Waals surface area (Å²) in [5, 5.41) is 2.82. The van der Waals surface area contributed by atoms with E-state index in [2.05, 4.69) is 34.0 Å². The summed E-state index contributed by atoms with van der Waals surface area (Å²) in [6.45, 7) is 12.2. The van der Waals surface area contributed by atoms with E-state index in [9.17, 15) is 4.79 Å². The molecule has 0 aromatic carbocycles. The maximum atomic E-state index is 11.6. The van der Waals surface area contributed by atoms with Gasteiger partial charge >= 0.3 is 6.09 Å². The van der Waals surface area contributed by atoms with Crippen molar-refractivity contribution >= 4 is 11.9 Å². The molecule has 2 rings (SSSR count). The molecule has 1 aliphatic heterocycles. The number of alkyl carbamates (subject to hydrolysis) is 1. The normalized spacial score (nSPS) is 15.6. The van der Waals surface area contributed by atoms with Crippen LogP contribution < -0.4 is 10.2 Å².